The maximum absolute atomic E-state index is 4.23. The fraction of sp³-hybridized carbons (Fsp3) is 0.875. The van der Waals surface area contributed by atoms with Gasteiger partial charge in [-0.3, -0.25) is 5.01 Å². The standard InChI is InChI=1S/C8H16N2/c1-6(2)8-5-9-10(4)7(8)3/h5-8H,1-4H3. The second-order valence-electron chi connectivity index (χ2n) is 3.40. The molecule has 0 N–H and O–H groups in total. The molecule has 1 heterocycles. The first-order valence-corrected chi connectivity index (χ1v) is 3.90. The molecule has 0 aromatic rings. The minimum Gasteiger partial charge on any atom is -0.297 e. The summed E-state index contributed by atoms with van der Waals surface area (Å²) in [6.45, 7) is 6.70. The molecular weight excluding hydrogens is 124 g/mol. The highest BCUT2D eigenvalue weighted by Gasteiger charge is 2.26. The van der Waals surface area contributed by atoms with Gasteiger partial charge in [0.05, 0.1) is 6.04 Å². The van der Waals surface area contributed by atoms with E-state index in [0.29, 0.717) is 17.9 Å². The fourth-order valence-corrected chi connectivity index (χ4v) is 1.39. The minimum atomic E-state index is 0.583. The van der Waals surface area contributed by atoms with Crippen molar-refractivity contribution in [3.8, 4) is 0 Å². The van der Waals surface area contributed by atoms with Crippen molar-refractivity contribution in [2.24, 2.45) is 16.9 Å². The van der Waals surface area contributed by atoms with Crippen molar-refractivity contribution in [2.45, 2.75) is 26.8 Å². The second kappa shape index (κ2) is 2.60. The van der Waals surface area contributed by atoms with Crippen molar-refractivity contribution < 1.29 is 0 Å². The van der Waals surface area contributed by atoms with Crippen LogP contribution in [0.15, 0.2) is 5.10 Å². The largest absolute Gasteiger partial charge is 0.297 e. The van der Waals surface area contributed by atoms with E-state index in [4.69, 9.17) is 0 Å². The Morgan fingerprint density at radius 2 is 2.10 bits per heavy atom. The zero-order valence-corrected chi connectivity index (χ0v) is 7.20. The third kappa shape index (κ3) is 1.15. The Labute approximate surface area is 62.9 Å². The molecule has 58 valence electrons. The van der Waals surface area contributed by atoms with Crippen molar-refractivity contribution in [3.63, 3.8) is 0 Å². The molecule has 0 fully saturated rings. The number of hydrogen-bond donors (Lipinski definition) is 0. The van der Waals surface area contributed by atoms with E-state index in [0.717, 1.165) is 0 Å². The summed E-state index contributed by atoms with van der Waals surface area (Å²) in [6.07, 6.45) is 2.06. The van der Waals surface area contributed by atoms with Crippen LogP contribution in [0.4, 0.5) is 0 Å². The van der Waals surface area contributed by atoms with Crippen molar-refractivity contribution in [1.82, 2.24) is 5.01 Å². The van der Waals surface area contributed by atoms with E-state index in [9.17, 15) is 0 Å². The van der Waals surface area contributed by atoms with Gasteiger partial charge in [0.1, 0.15) is 0 Å². The van der Waals surface area contributed by atoms with E-state index < -0.39 is 0 Å². The molecule has 10 heavy (non-hydrogen) atoms. The van der Waals surface area contributed by atoms with Gasteiger partial charge in [0, 0.05) is 19.2 Å². The van der Waals surface area contributed by atoms with Gasteiger partial charge in [-0.2, -0.15) is 5.10 Å². The first-order valence-electron chi connectivity index (χ1n) is 3.90. The molecule has 0 saturated carbocycles. The molecule has 1 aliphatic rings. The van der Waals surface area contributed by atoms with Crippen molar-refractivity contribution in [3.05, 3.63) is 0 Å². The van der Waals surface area contributed by atoms with Crippen LogP contribution in [0.2, 0.25) is 0 Å². The molecule has 0 saturated heterocycles. The van der Waals surface area contributed by atoms with E-state index in [-0.39, 0.29) is 0 Å². The lowest BCUT2D eigenvalue weighted by Gasteiger charge is -2.22. The van der Waals surface area contributed by atoms with Gasteiger partial charge in [0.2, 0.25) is 0 Å². The predicted molar refractivity (Wildman–Crippen MR) is 44.0 cm³/mol. The molecular formula is C8H16N2. The maximum atomic E-state index is 4.23. The van der Waals surface area contributed by atoms with Crippen LogP contribution in [0.3, 0.4) is 0 Å². The van der Waals surface area contributed by atoms with Gasteiger partial charge in [0.15, 0.2) is 0 Å². The number of hydrogen-bond acceptors (Lipinski definition) is 2. The molecule has 0 aromatic carbocycles. The highest BCUT2D eigenvalue weighted by molar-refractivity contribution is 5.63. The van der Waals surface area contributed by atoms with Gasteiger partial charge in [0.25, 0.3) is 0 Å². The Hall–Kier alpha value is -0.530. The molecule has 0 aromatic heterocycles. The molecule has 1 rings (SSSR count). The molecule has 0 radical (unpaired) electrons. The third-order valence-electron chi connectivity index (χ3n) is 2.34. The van der Waals surface area contributed by atoms with E-state index in [1.54, 1.807) is 0 Å². The van der Waals surface area contributed by atoms with Crippen molar-refractivity contribution in [2.75, 3.05) is 7.05 Å². The summed E-state index contributed by atoms with van der Waals surface area (Å²) in [5.74, 6) is 1.36. The van der Waals surface area contributed by atoms with Gasteiger partial charge in [-0.1, -0.05) is 13.8 Å². The monoisotopic (exact) mass is 140 g/mol. The van der Waals surface area contributed by atoms with E-state index in [1.807, 2.05) is 12.1 Å². The van der Waals surface area contributed by atoms with E-state index >= 15 is 0 Å². The summed E-state index contributed by atoms with van der Waals surface area (Å²) in [5.41, 5.74) is 0. The summed E-state index contributed by atoms with van der Waals surface area (Å²) < 4.78 is 0. The zero-order chi connectivity index (χ0) is 7.72. The van der Waals surface area contributed by atoms with Crippen molar-refractivity contribution >= 4 is 6.21 Å². The van der Waals surface area contributed by atoms with Gasteiger partial charge >= 0.3 is 0 Å². The number of nitrogens with zero attached hydrogens (tertiary/aromatic N) is 2. The van der Waals surface area contributed by atoms with Gasteiger partial charge in [-0.05, 0) is 12.8 Å². The lowest BCUT2D eigenvalue weighted by molar-refractivity contribution is 0.238. The average molecular weight is 140 g/mol. The van der Waals surface area contributed by atoms with Crippen LogP contribution >= 0.6 is 0 Å². The van der Waals surface area contributed by atoms with Gasteiger partial charge < -0.3 is 0 Å². The van der Waals surface area contributed by atoms with Gasteiger partial charge in [-0.15, -0.1) is 0 Å². The molecule has 0 amide bonds. The molecule has 2 atom stereocenters. The van der Waals surface area contributed by atoms with Crippen molar-refractivity contribution in [1.29, 1.82) is 0 Å². The smallest absolute Gasteiger partial charge is 0.0519 e. The molecule has 0 spiro atoms. The van der Waals surface area contributed by atoms with Crippen LogP contribution in [-0.2, 0) is 0 Å². The Kier molecular flexibility index (Phi) is 1.97. The quantitative estimate of drug-likeness (QED) is 0.540. The first kappa shape index (κ1) is 7.58. The van der Waals surface area contributed by atoms with E-state index in [1.165, 1.54) is 0 Å². The van der Waals surface area contributed by atoms with Crippen LogP contribution in [0.25, 0.3) is 0 Å². The van der Waals surface area contributed by atoms with Crippen LogP contribution < -0.4 is 0 Å². The normalized spacial score (nSPS) is 32.3. The summed E-state index contributed by atoms with van der Waals surface area (Å²) >= 11 is 0. The Bertz CT molecular complexity index is 140. The predicted octanol–water partition coefficient (Wildman–Crippen LogP) is 1.58. The number of rotatable bonds is 1. The third-order valence-corrected chi connectivity index (χ3v) is 2.34. The average Bonchev–Trinajstić information content (AvgIpc) is 2.14. The summed E-state index contributed by atoms with van der Waals surface area (Å²) in [5, 5.41) is 6.26. The summed E-state index contributed by atoms with van der Waals surface area (Å²) in [6, 6.07) is 0.583. The lowest BCUT2D eigenvalue weighted by Crippen LogP contribution is -2.28. The van der Waals surface area contributed by atoms with Gasteiger partial charge in [-0.25, -0.2) is 0 Å². The van der Waals surface area contributed by atoms with Crippen LogP contribution in [0, 0.1) is 11.8 Å². The minimum absolute atomic E-state index is 0.583. The molecule has 0 aliphatic carbocycles. The molecule has 2 nitrogen and oxygen atoms in total. The lowest BCUT2D eigenvalue weighted by atomic mass is 9.91. The van der Waals surface area contributed by atoms with Crippen LogP contribution in [0.5, 0.6) is 0 Å². The Morgan fingerprint density at radius 1 is 1.50 bits per heavy atom. The molecule has 2 heteroatoms. The molecule has 1 aliphatic heterocycles. The maximum Gasteiger partial charge on any atom is 0.0519 e. The summed E-state index contributed by atoms with van der Waals surface area (Å²) in [4.78, 5) is 0. The Balaban J connectivity index is 2.58. The summed E-state index contributed by atoms with van der Waals surface area (Å²) in [7, 11) is 2.03. The Morgan fingerprint density at radius 3 is 2.30 bits per heavy atom. The number of hydrazone groups is 1. The SMILES string of the molecule is CC(C)C1C=NN(C)C1C. The first-order chi connectivity index (χ1) is 4.63. The van der Waals surface area contributed by atoms with E-state index in [2.05, 4.69) is 32.1 Å². The zero-order valence-electron chi connectivity index (χ0n) is 7.20. The second-order valence-corrected chi connectivity index (χ2v) is 3.40. The van der Waals surface area contributed by atoms with Crippen LogP contribution in [0.1, 0.15) is 20.8 Å². The highest BCUT2D eigenvalue weighted by Crippen LogP contribution is 2.21. The molecule has 2 unspecified atom stereocenters. The topological polar surface area (TPSA) is 15.6 Å². The highest BCUT2D eigenvalue weighted by atomic mass is 15.5. The fourth-order valence-electron chi connectivity index (χ4n) is 1.39. The molecule has 0 bridgehead atoms. The van der Waals surface area contributed by atoms with Crippen LogP contribution in [-0.4, -0.2) is 24.3 Å².